The lowest BCUT2D eigenvalue weighted by Crippen LogP contribution is -2.51. The summed E-state index contributed by atoms with van der Waals surface area (Å²) in [6, 6.07) is 0.686. The first kappa shape index (κ1) is 9.81. The molecule has 0 aromatic rings. The number of piperazine rings is 1. The number of thioether (sulfide) groups is 1. The first-order valence-corrected chi connectivity index (χ1v) is 6.47. The molecule has 1 heterocycles. The van der Waals surface area contributed by atoms with Crippen molar-refractivity contribution in [2.45, 2.75) is 30.6 Å². The molecular weight excluding hydrogens is 180 g/mol. The summed E-state index contributed by atoms with van der Waals surface area (Å²) < 4.78 is 0.650. The summed E-state index contributed by atoms with van der Waals surface area (Å²) >= 11 is 2.07. The third-order valence-corrected chi connectivity index (χ3v) is 4.61. The van der Waals surface area contributed by atoms with Crippen LogP contribution in [0.4, 0.5) is 0 Å². The fraction of sp³-hybridized carbons (Fsp3) is 1.00. The molecule has 0 amide bonds. The highest BCUT2D eigenvalue weighted by Crippen LogP contribution is 2.47. The van der Waals surface area contributed by atoms with Crippen LogP contribution in [-0.2, 0) is 0 Å². The largest absolute Gasteiger partial charge is 0.312 e. The summed E-state index contributed by atoms with van der Waals surface area (Å²) in [6.45, 7) is 7.26. The van der Waals surface area contributed by atoms with Crippen LogP contribution in [0, 0.1) is 0 Å². The van der Waals surface area contributed by atoms with Crippen LogP contribution < -0.4 is 5.32 Å². The molecule has 0 radical (unpaired) electrons. The first-order valence-electron chi connectivity index (χ1n) is 5.25. The van der Waals surface area contributed by atoms with E-state index in [1.165, 1.54) is 39.0 Å². The zero-order valence-electron chi connectivity index (χ0n) is 8.68. The van der Waals surface area contributed by atoms with Crippen molar-refractivity contribution in [1.82, 2.24) is 10.2 Å². The van der Waals surface area contributed by atoms with Gasteiger partial charge in [-0.2, -0.15) is 11.8 Å². The Balaban J connectivity index is 1.80. The molecule has 1 saturated carbocycles. The molecule has 0 spiro atoms. The third-order valence-electron chi connectivity index (χ3n) is 3.21. The van der Waals surface area contributed by atoms with Crippen molar-refractivity contribution in [1.29, 1.82) is 0 Å². The molecule has 3 heteroatoms. The molecule has 0 bridgehead atoms. The van der Waals surface area contributed by atoms with E-state index in [1.807, 2.05) is 0 Å². The van der Waals surface area contributed by atoms with Crippen molar-refractivity contribution in [3.8, 4) is 0 Å². The molecule has 13 heavy (non-hydrogen) atoms. The number of hydrogen-bond donors (Lipinski definition) is 1. The molecule has 76 valence electrons. The van der Waals surface area contributed by atoms with Crippen LogP contribution in [0.5, 0.6) is 0 Å². The normalized spacial score (nSPS) is 33.2. The molecule has 2 rings (SSSR count). The van der Waals surface area contributed by atoms with E-state index in [4.69, 9.17) is 0 Å². The second-order valence-electron chi connectivity index (χ2n) is 4.48. The van der Waals surface area contributed by atoms with Crippen LogP contribution in [0.25, 0.3) is 0 Å². The fourth-order valence-corrected chi connectivity index (χ4v) is 2.95. The van der Waals surface area contributed by atoms with Crippen LogP contribution in [0.1, 0.15) is 19.8 Å². The van der Waals surface area contributed by atoms with E-state index < -0.39 is 0 Å². The zero-order chi connectivity index (χ0) is 9.31. The van der Waals surface area contributed by atoms with Crippen molar-refractivity contribution in [2.24, 2.45) is 0 Å². The molecule has 1 aliphatic carbocycles. The average molecular weight is 200 g/mol. The molecule has 0 aromatic carbocycles. The van der Waals surface area contributed by atoms with Gasteiger partial charge >= 0.3 is 0 Å². The van der Waals surface area contributed by atoms with Gasteiger partial charge in [0.1, 0.15) is 0 Å². The lowest BCUT2D eigenvalue weighted by atomic mass is 10.2. The van der Waals surface area contributed by atoms with Crippen LogP contribution >= 0.6 is 11.8 Å². The highest BCUT2D eigenvalue weighted by molar-refractivity contribution is 8.00. The highest BCUT2D eigenvalue weighted by atomic mass is 32.2. The van der Waals surface area contributed by atoms with Crippen molar-refractivity contribution in [3.05, 3.63) is 0 Å². The standard InChI is InChI=1S/C10H20N2S/c1-9-7-12(6-5-11-9)8-10(13-2)3-4-10/h9,11H,3-8H2,1-2H3/t9-/m0/s1. The van der Waals surface area contributed by atoms with Gasteiger partial charge in [-0.05, 0) is 26.0 Å². The molecule has 2 nitrogen and oxygen atoms in total. The molecule has 0 aromatic heterocycles. The van der Waals surface area contributed by atoms with Gasteiger partial charge in [0.05, 0.1) is 0 Å². The van der Waals surface area contributed by atoms with E-state index in [2.05, 4.69) is 35.2 Å². The Bertz CT molecular complexity index is 180. The Kier molecular flexibility index (Phi) is 2.86. The minimum absolute atomic E-state index is 0.650. The Labute approximate surface area is 85.4 Å². The van der Waals surface area contributed by atoms with E-state index in [1.54, 1.807) is 0 Å². The van der Waals surface area contributed by atoms with Crippen molar-refractivity contribution >= 4 is 11.8 Å². The SMILES string of the molecule is CSC1(CN2CCN[C@@H](C)C2)CC1. The average Bonchev–Trinajstić information content (AvgIpc) is 2.86. The lowest BCUT2D eigenvalue weighted by Gasteiger charge is -2.34. The zero-order valence-corrected chi connectivity index (χ0v) is 9.49. The van der Waals surface area contributed by atoms with E-state index in [0.717, 1.165) is 0 Å². The topological polar surface area (TPSA) is 15.3 Å². The number of hydrogen-bond acceptors (Lipinski definition) is 3. The van der Waals surface area contributed by atoms with E-state index in [-0.39, 0.29) is 0 Å². The number of nitrogens with one attached hydrogen (secondary N) is 1. The number of nitrogens with zero attached hydrogens (tertiary/aromatic N) is 1. The van der Waals surface area contributed by atoms with Crippen LogP contribution in [-0.4, -0.2) is 48.1 Å². The second-order valence-corrected chi connectivity index (χ2v) is 5.75. The van der Waals surface area contributed by atoms with E-state index in [0.29, 0.717) is 10.8 Å². The summed E-state index contributed by atoms with van der Waals surface area (Å²) in [5.74, 6) is 0. The Morgan fingerprint density at radius 1 is 1.54 bits per heavy atom. The van der Waals surface area contributed by atoms with Gasteiger partial charge in [0, 0.05) is 37.0 Å². The van der Waals surface area contributed by atoms with Gasteiger partial charge < -0.3 is 5.32 Å². The first-order chi connectivity index (χ1) is 6.24. The van der Waals surface area contributed by atoms with Crippen LogP contribution in [0.2, 0.25) is 0 Å². The van der Waals surface area contributed by atoms with Gasteiger partial charge in [-0.15, -0.1) is 0 Å². The molecule has 1 atom stereocenters. The Hall–Kier alpha value is 0.270. The van der Waals surface area contributed by atoms with Crippen molar-refractivity contribution in [3.63, 3.8) is 0 Å². The maximum Gasteiger partial charge on any atom is 0.0285 e. The van der Waals surface area contributed by atoms with Gasteiger partial charge in [0.25, 0.3) is 0 Å². The van der Waals surface area contributed by atoms with Crippen molar-refractivity contribution < 1.29 is 0 Å². The molecule has 1 aliphatic heterocycles. The van der Waals surface area contributed by atoms with E-state index in [9.17, 15) is 0 Å². The molecule has 1 saturated heterocycles. The maximum atomic E-state index is 3.49. The Morgan fingerprint density at radius 2 is 2.31 bits per heavy atom. The van der Waals surface area contributed by atoms with Gasteiger partial charge in [0.2, 0.25) is 0 Å². The minimum atomic E-state index is 0.650. The second kappa shape index (κ2) is 3.79. The predicted molar refractivity (Wildman–Crippen MR) is 59.4 cm³/mol. The molecular formula is C10H20N2S. The van der Waals surface area contributed by atoms with E-state index >= 15 is 0 Å². The minimum Gasteiger partial charge on any atom is -0.312 e. The maximum absolute atomic E-state index is 3.49. The fourth-order valence-electron chi connectivity index (χ4n) is 2.13. The van der Waals surface area contributed by atoms with Gasteiger partial charge in [0.15, 0.2) is 0 Å². The third kappa shape index (κ3) is 2.39. The molecule has 2 aliphatic rings. The summed E-state index contributed by atoms with van der Waals surface area (Å²) in [6.07, 6.45) is 5.14. The monoisotopic (exact) mass is 200 g/mol. The van der Waals surface area contributed by atoms with Crippen LogP contribution in [0.15, 0.2) is 0 Å². The van der Waals surface area contributed by atoms with Gasteiger partial charge in [-0.3, -0.25) is 4.90 Å². The van der Waals surface area contributed by atoms with Gasteiger partial charge in [-0.25, -0.2) is 0 Å². The summed E-state index contributed by atoms with van der Waals surface area (Å²) in [5.41, 5.74) is 0. The quantitative estimate of drug-likeness (QED) is 0.736. The predicted octanol–water partition coefficient (Wildman–Crippen LogP) is 1.18. The summed E-state index contributed by atoms with van der Waals surface area (Å²) in [4.78, 5) is 2.63. The van der Waals surface area contributed by atoms with Crippen molar-refractivity contribution in [2.75, 3.05) is 32.4 Å². The summed E-state index contributed by atoms with van der Waals surface area (Å²) in [5, 5.41) is 3.49. The molecule has 1 N–H and O–H groups in total. The number of rotatable bonds is 3. The smallest absolute Gasteiger partial charge is 0.0285 e. The van der Waals surface area contributed by atoms with Gasteiger partial charge in [-0.1, -0.05) is 0 Å². The Morgan fingerprint density at radius 3 is 2.85 bits per heavy atom. The summed E-state index contributed by atoms with van der Waals surface area (Å²) in [7, 11) is 0. The highest BCUT2D eigenvalue weighted by Gasteiger charge is 2.43. The molecule has 2 fully saturated rings. The van der Waals surface area contributed by atoms with Crippen LogP contribution in [0.3, 0.4) is 0 Å². The molecule has 0 unspecified atom stereocenters. The lowest BCUT2D eigenvalue weighted by molar-refractivity contribution is 0.205.